The van der Waals surface area contributed by atoms with Gasteiger partial charge in [-0.2, -0.15) is 0 Å². The van der Waals surface area contributed by atoms with Crippen LogP contribution in [-0.4, -0.2) is 22.0 Å². The molecular weight excluding hydrogens is 146 g/mol. The first kappa shape index (κ1) is 7.31. The molecule has 0 aliphatic carbocycles. The summed E-state index contributed by atoms with van der Waals surface area (Å²) in [5.74, 6) is 0.370. The van der Waals surface area contributed by atoms with Gasteiger partial charge in [-0.15, -0.1) is 0 Å². The first-order valence-corrected chi connectivity index (χ1v) is 9.18. The second-order valence-electron chi connectivity index (χ2n) is 2.30. The van der Waals surface area contributed by atoms with Crippen LogP contribution in [0.5, 0.6) is 0 Å². The Morgan fingerprint density at radius 1 is 1.57 bits per heavy atom. The third-order valence-electron chi connectivity index (χ3n) is 0.696. The van der Waals surface area contributed by atoms with Crippen LogP contribution in [0.1, 0.15) is 6.92 Å². The molecule has 40 valence electrons. The van der Waals surface area contributed by atoms with Gasteiger partial charge in [-0.05, 0) is 0 Å². The number of Topliss-reactive ketones (excluding diaryl/α,β-unsaturated/α-hetero) is 1. The summed E-state index contributed by atoms with van der Waals surface area (Å²) in [7, 11) is 0. The molecule has 0 aromatic carbocycles. The number of hydrogen-bond donors (Lipinski definition) is 0. The molecule has 0 amide bonds. The van der Waals surface area contributed by atoms with Crippen molar-refractivity contribution in [2.24, 2.45) is 0 Å². The standard InChI is InChI=1S/C3H5O.2CH3.Ga/c1-3(2)4;;;/h1H2,2H3;2*1H3;. The molecule has 2 heteroatoms. The average molecular weight is 157 g/mol. The maximum absolute atomic E-state index is 10.3. The van der Waals surface area contributed by atoms with Gasteiger partial charge in [0.25, 0.3) is 0 Å². The van der Waals surface area contributed by atoms with Crippen LogP contribution in [0, 0.1) is 0 Å². The van der Waals surface area contributed by atoms with E-state index in [-0.39, 0.29) is 0 Å². The first-order valence-electron chi connectivity index (χ1n) is 2.62. The van der Waals surface area contributed by atoms with Crippen LogP contribution >= 0.6 is 0 Å². The number of ketones is 1. The van der Waals surface area contributed by atoms with Gasteiger partial charge >= 0.3 is 49.7 Å². The summed E-state index contributed by atoms with van der Waals surface area (Å²) in [5, 5.41) is 0. The summed E-state index contributed by atoms with van der Waals surface area (Å²) in [6.07, 6.45) is 0. The minimum absolute atomic E-state index is 0.370. The molecule has 1 nitrogen and oxygen atoms in total. The zero-order valence-electron chi connectivity index (χ0n) is 5.19. The molecule has 0 unspecified atom stereocenters. The SMILES string of the molecule is CC(=O)[CH2][Ga]([CH3])[CH3]. The van der Waals surface area contributed by atoms with Gasteiger partial charge in [-0.25, -0.2) is 0 Å². The number of carbonyl (C=O) groups is 1. The van der Waals surface area contributed by atoms with E-state index in [1.807, 2.05) is 0 Å². The van der Waals surface area contributed by atoms with Crippen molar-refractivity contribution < 1.29 is 4.79 Å². The molecule has 7 heavy (non-hydrogen) atoms. The predicted molar refractivity (Wildman–Crippen MR) is 33.0 cm³/mol. The van der Waals surface area contributed by atoms with Crippen LogP contribution in [0.25, 0.3) is 0 Å². The molecule has 0 aromatic rings. The fourth-order valence-corrected chi connectivity index (χ4v) is 2.99. The first-order chi connectivity index (χ1) is 3.13. The summed E-state index contributed by atoms with van der Waals surface area (Å²) in [6, 6.07) is 0. The van der Waals surface area contributed by atoms with Crippen molar-refractivity contribution in [3.8, 4) is 0 Å². The van der Waals surface area contributed by atoms with Crippen LogP contribution in [0.4, 0.5) is 0 Å². The van der Waals surface area contributed by atoms with E-state index in [2.05, 4.69) is 11.0 Å². The molecule has 0 rings (SSSR count). The zero-order valence-corrected chi connectivity index (χ0v) is 7.62. The van der Waals surface area contributed by atoms with Crippen LogP contribution in [0.2, 0.25) is 15.9 Å². The van der Waals surface area contributed by atoms with Crippen molar-refractivity contribution >= 4 is 22.0 Å². The van der Waals surface area contributed by atoms with Crippen molar-refractivity contribution in [2.45, 2.75) is 22.9 Å². The molecule has 0 saturated carbocycles. The Balaban J connectivity index is 3.13. The Morgan fingerprint density at radius 2 is 2.00 bits per heavy atom. The van der Waals surface area contributed by atoms with Gasteiger partial charge in [0.1, 0.15) is 0 Å². The third-order valence-corrected chi connectivity index (χ3v) is 3.61. The summed E-state index contributed by atoms with van der Waals surface area (Å²) in [6.45, 7) is 1.67. The second kappa shape index (κ2) is 3.33. The van der Waals surface area contributed by atoms with Gasteiger partial charge < -0.3 is 0 Å². The van der Waals surface area contributed by atoms with Gasteiger partial charge in [-0.3, -0.25) is 0 Å². The molecule has 0 spiro atoms. The van der Waals surface area contributed by atoms with Crippen molar-refractivity contribution in [2.75, 3.05) is 0 Å². The van der Waals surface area contributed by atoms with Crippen LogP contribution in [0.3, 0.4) is 0 Å². The second-order valence-corrected chi connectivity index (χ2v) is 9.01. The van der Waals surface area contributed by atoms with Gasteiger partial charge in [0.15, 0.2) is 0 Å². The van der Waals surface area contributed by atoms with Crippen molar-refractivity contribution in [3.63, 3.8) is 0 Å². The normalized spacial score (nSPS) is 8.43. The van der Waals surface area contributed by atoms with Crippen molar-refractivity contribution in [1.29, 1.82) is 0 Å². The molecular formula is C5H11GaO. The van der Waals surface area contributed by atoms with E-state index >= 15 is 0 Å². The van der Waals surface area contributed by atoms with Crippen LogP contribution < -0.4 is 0 Å². The fourth-order valence-electron chi connectivity index (χ4n) is 0.575. The molecule has 0 fully saturated rings. The summed E-state index contributed by atoms with van der Waals surface area (Å²) >= 11 is -0.964. The zero-order chi connectivity index (χ0) is 5.86. The van der Waals surface area contributed by atoms with Crippen molar-refractivity contribution in [1.82, 2.24) is 0 Å². The molecule has 0 bridgehead atoms. The van der Waals surface area contributed by atoms with Crippen molar-refractivity contribution in [3.05, 3.63) is 0 Å². The van der Waals surface area contributed by atoms with E-state index in [4.69, 9.17) is 0 Å². The molecule has 0 radical (unpaired) electrons. The van der Waals surface area contributed by atoms with E-state index in [1.165, 1.54) is 0 Å². The monoisotopic (exact) mass is 156 g/mol. The van der Waals surface area contributed by atoms with E-state index in [0.29, 0.717) is 5.78 Å². The Hall–Kier alpha value is 0.306. The Bertz CT molecular complexity index is 68.5. The minimum atomic E-state index is -0.964. The average Bonchev–Trinajstić information content (AvgIpc) is 1.27. The maximum atomic E-state index is 10.3. The molecule has 0 heterocycles. The Labute approximate surface area is 50.1 Å². The van der Waals surface area contributed by atoms with E-state index in [0.717, 1.165) is 4.98 Å². The summed E-state index contributed by atoms with van der Waals surface area (Å²) in [5.41, 5.74) is 4.46. The summed E-state index contributed by atoms with van der Waals surface area (Å²) in [4.78, 5) is 11.2. The fraction of sp³-hybridized carbons (Fsp3) is 0.800. The Morgan fingerprint density at radius 3 is 2.00 bits per heavy atom. The van der Waals surface area contributed by atoms with Gasteiger partial charge in [-0.1, -0.05) is 0 Å². The quantitative estimate of drug-likeness (QED) is 0.552. The van der Waals surface area contributed by atoms with E-state index in [9.17, 15) is 4.79 Å². The molecule has 0 atom stereocenters. The van der Waals surface area contributed by atoms with Crippen LogP contribution in [0.15, 0.2) is 0 Å². The van der Waals surface area contributed by atoms with Gasteiger partial charge in [0, 0.05) is 0 Å². The Kier molecular flexibility index (Phi) is 3.47. The predicted octanol–water partition coefficient (Wildman–Crippen LogP) is 1.33. The number of carbonyl (C=O) groups excluding carboxylic acids is 1. The molecule has 0 aliphatic heterocycles. The molecule has 0 saturated heterocycles. The molecule has 0 aromatic heterocycles. The third kappa shape index (κ3) is 6.31. The molecule has 0 aliphatic rings. The van der Waals surface area contributed by atoms with Gasteiger partial charge in [0.2, 0.25) is 0 Å². The molecule has 0 N–H and O–H groups in total. The van der Waals surface area contributed by atoms with E-state index < -0.39 is 16.2 Å². The van der Waals surface area contributed by atoms with Gasteiger partial charge in [0.05, 0.1) is 0 Å². The number of hydrogen-bond acceptors (Lipinski definition) is 1. The van der Waals surface area contributed by atoms with E-state index in [1.54, 1.807) is 6.92 Å². The topological polar surface area (TPSA) is 17.1 Å². The number of rotatable bonds is 2. The summed E-state index contributed by atoms with van der Waals surface area (Å²) < 4.78 is 0. The van der Waals surface area contributed by atoms with Crippen LogP contribution in [-0.2, 0) is 4.79 Å².